The Balaban J connectivity index is 1.61. The number of rotatable bonds is 3. The molecule has 8 heteroatoms. The van der Waals surface area contributed by atoms with Crippen molar-refractivity contribution in [2.45, 2.75) is 53.2 Å². The van der Waals surface area contributed by atoms with E-state index in [2.05, 4.69) is 21.0 Å². The van der Waals surface area contributed by atoms with Gasteiger partial charge in [0.2, 0.25) is 0 Å². The summed E-state index contributed by atoms with van der Waals surface area (Å²) in [6, 6.07) is 7.69. The average molecular weight is 491 g/mol. The highest BCUT2D eigenvalue weighted by atomic mass is 79.9. The van der Waals surface area contributed by atoms with Crippen molar-refractivity contribution in [3.8, 4) is 0 Å². The number of carbonyl (C=O) groups excluding carboxylic acids is 2. The van der Waals surface area contributed by atoms with Crippen LogP contribution < -0.4 is 0 Å². The fraction of sp³-hybridized carbons (Fsp3) is 0.522. The Hall–Kier alpha value is -2.35. The van der Waals surface area contributed by atoms with E-state index in [4.69, 9.17) is 4.74 Å². The average Bonchev–Trinajstić information content (AvgIpc) is 2.90. The summed E-state index contributed by atoms with van der Waals surface area (Å²) < 4.78 is 8.45. The van der Waals surface area contributed by atoms with Gasteiger partial charge in [-0.25, -0.2) is 4.79 Å². The van der Waals surface area contributed by atoms with Crippen molar-refractivity contribution in [2.75, 3.05) is 26.2 Å². The van der Waals surface area contributed by atoms with Gasteiger partial charge < -0.3 is 14.5 Å². The smallest absolute Gasteiger partial charge is 0.410 e. The van der Waals surface area contributed by atoms with E-state index >= 15 is 0 Å². The van der Waals surface area contributed by atoms with Gasteiger partial charge in [0, 0.05) is 31.7 Å². The van der Waals surface area contributed by atoms with Crippen molar-refractivity contribution in [2.24, 2.45) is 0 Å². The van der Waals surface area contributed by atoms with E-state index in [1.807, 2.05) is 68.5 Å². The lowest BCUT2D eigenvalue weighted by Gasteiger charge is -2.26. The standard InChI is InChI=1S/C23H31BrN4O3/c1-16-20(24)17(2)28(25-16)15-18-7-9-19(10-8-18)21(29)26-11-6-12-27(14-13-26)22(30)31-23(3,4)5/h7-10H,6,11-15H2,1-5H3. The maximum absolute atomic E-state index is 13.0. The van der Waals surface area contributed by atoms with Gasteiger partial charge in [-0.1, -0.05) is 12.1 Å². The lowest BCUT2D eigenvalue weighted by Crippen LogP contribution is -2.40. The first kappa shape index (κ1) is 23.3. The Bertz CT molecular complexity index is 947. The molecule has 1 aromatic carbocycles. The zero-order valence-electron chi connectivity index (χ0n) is 18.9. The van der Waals surface area contributed by atoms with E-state index in [1.165, 1.54) is 0 Å². The van der Waals surface area contributed by atoms with Crippen molar-refractivity contribution in [3.05, 3.63) is 51.3 Å². The van der Waals surface area contributed by atoms with E-state index in [0.717, 1.165) is 27.8 Å². The van der Waals surface area contributed by atoms with E-state index in [9.17, 15) is 9.59 Å². The molecule has 0 saturated carbocycles. The molecule has 0 bridgehead atoms. The Morgan fingerprint density at radius 3 is 2.23 bits per heavy atom. The molecule has 1 saturated heterocycles. The van der Waals surface area contributed by atoms with Crippen molar-refractivity contribution >= 4 is 27.9 Å². The molecule has 2 aromatic rings. The third-order valence-corrected chi connectivity index (χ3v) is 6.41. The normalized spacial score (nSPS) is 15.0. The molecule has 1 aliphatic rings. The third-order valence-electron chi connectivity index (χ3n) is 5.26. The summed E-state index contributed by atoms with van der Waals surface area (Å²) in [7, 11) is 0. The minimum atomic E-state index is -0.524. The van der Waals surface area contributed by atoms with Crippen LogP contribution >= 0.6 is 15.9 Å². The molecule has 7 nitrogen and oxygen atoms in total. The summed E-state index contributed by atoms with van der Waals surface area (Å²) in [5.74, 6) is -0.00792. The van der Waals surface area contributed by atoms with Crippen molar-refractivity contribution in [1.29, 1.82) is 0 Å². The molecule has 0 unspecified atom stereocenters. The number of hydrogen-bond acceptors (Lipinski definition) is 4. The number of aromatic nitrogens is 2. The molecule has 2 heterocycles. The van der Waals surface area contributed by atoms with Gasteiger partial charge >= 0.3 is 6.09 Å². The molecule has 31 heavy (non-hydrogen) atoms. The van der Waals surface area contributed by atoms with E-state index < -0.39 is 5.60 Å². The number of hydrogen-bond donors (Lipinski definition) is 0. The van der Waals surface area contributed by atoms with E-state index in [-0.39, 0.29) is 12.0 Å². The molecule has 1 fully saturated rings. The van der Waals surface area contributed by atoms with Crippen LogP contribution in [0.4, 0.5) is 4.79 Å². The van der Waals surface area contributed by atoms with E-state index in [0.29, 0.717) is 38.3 Å². The number of halogens is 1. The van der Waals surface area contributed by atoms with E-state index in [1.54, 1.807) is 4.90 Å². The number of benzene rings is 1. The molecule has 2 amide bonds. The molecular weight excluding hydrogens is 460 g/mol. The first-order valence-electron chi connectivity index (χ1n) is 10.6. The second kappa shape index (κ2) is 9.42. The van der Waals surface area contributed by atoms with Crippen LogP contribution in [0.5, 0.6) is 0 Å². The summed E-state index contributed by atoms with van der Waals surface area (Å²) in [6.07, 6.45) is 0.414. The molecule has 0 atom stereocenters. The Morgan fingerprint density at radius 2 is 1.65 bits per heavy atom. The van der Waals surface area contributed by atoms with Crippen LogP contribution in [0.25, 0.3) is 0 Å². The minimum absolute atomic E-state index is 0.00792. The fourth-order valence-electron chi connectivity index (χ4n) is 3.57. The Morgan fingerprint density at radius 1 is 1.03 bits per heavy atom. The summed E-state index contributed by atoms with van der Waals surface area (Å²) >= 11 is 3.56. The summed E-state index contributed by atoms with van der Waals surface area (Å²) in [4.78, 5) is 28.8. The second-order valence-corrected chi connectivity index (χ2v) is 9.75. The largest absolute Gasteiger partial charge is 0.444 e. The van der Waals surface area contributed by atoms with Crippen LogP contribution in [-0.4, -0.2) is 63.4 Å². The van der Waals surface area contributed by atoms with Crippen LogP contribution in [-0.2, 0) is 11.3 Å². The van der Waals surface area contributed by atoms with Crippen LogP contribution in [0.2, 0.25) is 0 Å². The third kappa shape index (κ3) is 5.87. The lowest BCUT2D eigenvalue weighted by atomic mass is 10.1. The predicted molar refractivity (Wildman–Crippen MR) is 123 cm³/mol. The van der Waals surface area contributed by atoms with Gasteiger partial charge in [-0.15, -0.1) is 0 Å². The van der Waals surface area contributed by atoms with Gasteiger partial charge in [0.1, 0.15) is 5.60 Å². The van der Waals surface area contributed by atoms with Gasteiger partial charge in [0.25, 0.3) is 5.91 Å². The van der Waals surface area contributed by atoms with Crippen molar-refractivity contribution < 1.29 is 14.3 Å². The maximum Gasteiger partial charge on any atom is 0.410 e. The highest BCUT2D eigenvalue weighted by molar-refractivity contribution is 9.10. The number of nitrogens with zero attached hydrogens (tertiary/aromatic N) is 4. The lowest BCUT2D eigenvalue weighted by molar-refractivity contribution is 0.0255. The SMILES string of the molecule is Cc1nn(Cc2ccc(C(=O)N3CCCN(C(=O)OC(C)(C)C)CC3)cc2)c(C)c1Br. The monoisotopic (exact) mass is 490 g/mol. The van der Waals surface area contributed by atoms with Gasteiger partial charge in [-0.05, 0) is 74.7 Å². The van der Waals surface area contributed by atoms with Crippen LogP contribution in [0, 0.1) is 13.8 Å². The summed E-state index contributed by atoms with van der Waals surface area (Å²) in [5, 5.41) is 4.54. The molecule has 0 N–H and O–H groups in total. The van der Waals surface area contributed by atoms with Gasteiger partial charge in [0.05, 0.1) is 22.4 Å². The van der Waals surface area contributed by atoms with Crippen molar-refractivity contribution in [3.63, 3.8) is 0 Å². The molecule has 0 spiro atoms. The number of carbonyl (C=O) groups is 2. The van der Waals surface area contributed by atoms with Crippen LogP contribution in [0.3, 0.4) is 0 Å². The Labute approximate surface area is 192 Å². The molecule has 168 valence electrons. The van der Waals surface area contributed by atoms with Crippen molar-refractivity contribution in [1.82, 2.24) is 19.6 Å². The highest BCUT2D eigenvalue weighted by Gasteiger charge is 2.26. The minimum Gasteiger partial charge on any atom is -0.444 e. The first-order valence-corrected chi connectivity index (χ1v) is 11.4. The number of ether oxygens (including phenoxy) is 1. The topological polar surface area (TPSA) is 67.7 Å². The maximum atomic E-state index is 13.0. The molecule has 0 radical (unpaired) electrons. The molecule has 3 rings (SSSR count). The fourth-order valence-corrected chi connectivity index (χ4v) is 3.85. The zero-order chi connectivity index (χ0) is 22.8. The quantitative estimate of drug-likeness (QED) is 0.639. The van der Waals surface area contributed by atoms with Crippen LogP contribution in [0.15, 0.2) is 28.7 Å². The molecule has 0 aliphatic carbocycles. The van der Waals surface area contributed by atoms with Gasteiger partial charge in [0.15, 0.2) is 0 Å². The number of aryl methyl sites for hydroxylation is 1. The Kier molecular flexibility index (Phi) is 7.09. The van der Waals surface area contributed by atoms with Crippen LogP contribution in [0.1, 0.15) is 54.5 Å². The van der Waals surface area contributed by atoms with Gasteiger partial charge in [-0.2, -0.15) is 5.10 Å². The molecule has 1 aromatic heterocycles. The molecule has 1 aliphatic heterocycles. The second-order valence-electron chi connectivity index (χ2n) is 8.95. The predicted octanol–water partition coefficient (Wildman–Crippen LogP) is 4.39. The first-order chi connectivity index (χ1) is 14.5. The highest BCUT2D eigenvalue weighted by Crippen LogP contribution is 2.21. The number of amides is 2. The van der Waals surface area contributed by atoms with Gasteiger partial charge in [-0.3, -0.25) is 9.48 Å². The molecular formula is C23H31BrN4O3. The summed E-state index contributed by atoms with van der Waals surface area (Å²) in [6.45, 7) is 12.4. The summed E-state index contributed by atoms with van der Waals surface area (Å²) in [5.41, 5.74) is 3.26. The zero-order valence-corrected chi connectivity index (χ0v) is 20.5.